The van der Waals surface area contributed by atoms with E-state index in [2.05, 4.69) is 22.8 Å². The maximum Gasteiger partial charge on any atom is 0.407 e. The SMILES string of the molecule is CC1(C)CC(NC(=O)C(CCC(=O)O)NC(=O)OCC2c3ccccc3-c3ccccc32)CO1. The third-order valence-electron chi connectivity index (χ3n) is 6.36. The van der Waals surface area contributed by atoms with Gasteiger partial charge in [0.05, 0.1) is 18.2 Å². The Balaban J connectivity index is 1.39. The molecule has 2 amide bonds. The van der Waals surface area contributed by atoms with Gasteiger partial charge in [-0.05, 0) is 48.9 Å². The molecule has 0 radical (unpaired) electrons. The number of hydrogen-bond acceptors (Lipinski definition) is 5. The van der Waals surface area contributed by atoms with Gasteiger partial charge in [-0.15, -0.1) is 0 Å². The molecule has 180 valence electrons. The summed E-state index contributed by atoms with van der Waals surface area (Å²) in [5, 5.41) is 14.5. The van der Waals surface area contributed by atoms with E-state index in [0.29, 0.717) is 13.0 Å². The molecule has 2 aromatic carbocycles. The second-order valence-electron chi connectivity index (χ2n) is 9.44. The summed E-state index contributed by atoms with van der Waals surface area (Å²) < 4.78 is 11.2. The van der Waals surface area contributed by atoms with Crippen LogP contribution >= 0.6 is 0 Å². The Morgan fingerprint density at radius 2 is 1.71 bits per heavy atom. The van der Waals surface area contributed by atoms with Crippen molar-refractivity contribution in [3.63, 3.8) is 0 Å². The van der Waals surface area contributed by atoms with Crippen LogP contribution in [0.4, 0.5) is 4.79 Å². The van der Waals surface area contributed by atoms with E-state index in [0.717, 1.165) is 22.3 Å². The number of fused-ring (bicyclic) bond motifs is 3. The Morgan fingerprint density at radius 3 is 2.26 bits per heavy atom. The molecule has 2 atom stereocenters. The lowest BCUT2D eigenvalue weighted by molar-refractivity contribution is -0.137. The second kappa shape index (κ2) is 9.85. The fourth-order valence-electron chi connectivity index (χ4n) is 4.75. The van der Waals surface area contributed by atoms with Crippen molar-refractivity contribution in [3.05, 3.63) is 59.7 Å². The van der Waals surface area contributed by atoms with Crippen molar-refractivity contribution in [1.29, 1.82) is 0 Å². The molecule has 8 heteroatoms. The van der Waals surface area contributed by atoms with Crippen LogP contribution in [-0.4, -0.2) is 54.0 Å². The smallest absolute Gasteiger partial charge is 0.407 e. The molecule has 1 fully saturated rings. The van der Waals surface area contributed by atoms with Gasteiger partial charge in [-0.25, -0.2) is 4.79 Å². The van der Waals surface area contributed by atoms with Gasteiger partial charge in [-0.2, -0.15) is 0 Å². The van der Waals surface area contributed by atoms with Crippen LogP contribution in [0.2, 0.25) is 0 Å². The van der Waals surface area contributed by atoms with Crippen molar-refractivity contribution >= 4 is 18.0 Å². The molecule has 1 heterocycles. The van der Waals surface area contributed by atoms with Crippen molar-refractivity contribution < 1.29 is 29.0 Å². The summed E-state index contributed by atoms with van der Waals surface area (Å²) in [6.07, 6.45) is -0.415. The first kappa shape index (κ1) is 23.8. The Labute approximate surface area is 198 Å². The molecule has 0 aromatic heterocycles. The molecule has 0 bridgehead atoms. The third-order valence-corrected chi connectivity index (χ3v) is 6.36. The molecule has 1 saturated heterocycles. The van der Waals surface area contributed by atoms with Crippen molar-refractivity contribution in [2.75, 3.05) is 13.2 Å². The van der Waals surface area contributed by atoms with Crippen LogP contribution in [-0.2, 0) is 19.1 Å². The van der Waals surface area contributed by atoms with E-state index in [-0.39, 0.29) is 37.0 Å². The monoisotopic (exact) mass is 466 g/mol. The number of carboxylic acids is 1. The zero-order chi connectivity index (χ0) is 24.3. The Bertz CT molecular complexity index is 1040. The molecule has 8 nitrogen and oxygen atoms in total. The van der Waals surface area contributed by atoms with Gasteiger partial charge in [0, 0.05) is 12.3 Å². The van der Waals surface area contributed by atoms with Crippen molar-refractivity contribution in [2.45, 2.75) is 56.7 Å². The summed E-state index contributed by atoms with van der Waals surface area (Å²) in [5.74, 6) is -1.60. The zero-order valence-corrected chi connectivity index (χ0v) is 19.4. The Hall–Kier alpha value is -3.39. The van der Waals surface area contributed by atoms with Gasteiger partial charge in [0.1, 0.15) is 12.6 Å². The molecule has 1 aliphatic carbocycles. The van der Waals surface area contributed by atoms with Crippen LogP contribution in [0.3, 0.4) is 0 Å². The predicted octanol–water partition coefficient (Wildman–Crippen LogP) is 3.44. The summed E-state index contributed by atoms with van der Waals surface area (Å²) in [7, 11) is 0. The van der Waals surface area contributed by atoms with Crippen molar-refractivity contribution in [3.8, 4) is 11.1 Å². The molecule has 4 rings (SSSR count). The molecule has 1 aliphatic heterocycles. The number of aliphatic carboxylic acids is 1. The molecular formula is C26H30N2O6. The van der Waals surface area contributed by atoms with Crippen molar-refractivity contribution in [1.82, 2.24) is 10.6 Å². The summed E-state index contributed by atoms with van der Waals surface area (Å²) in [5.41, 5.74) is 4.07. The standard InChI is InChI=1S/C26H30N2O6/c1-26(2)13-16(14-34-26)27-24(31)22(11-12-23(29)30)28-25(32)33-15-21-19-9-5-3-7-17(19)18-8-4-6-10-20(18)21/h3-10,16,21-22H,11-15H2,1-2H3,(H,27,31)(H,28,32)(H,29,30). The van der Waals surface area contributed by atoms with E-state index >= 15 is 0 Å². The number of hydrogen-bond donors (Lipinski definition) is 3. The number of benzene rings is 2. The topological polar surface area (TPSA) is 114 Å². The van der Waals surface area contributed by atoms with Gasteiger partial charge in [0.25, 0.3) is 0 Å². The number of ether oxygens (including phenoxy) is 2. The van der Waals surface area contributed by atoms with E-state index in [1.807, 2.05) is 50.2 Å². The molecule has 2 unspecified atom stereocenters. The molecule has 0 saturated carbocycles. The fourth-order valence-corrected chi connectivity index (χ4v) is 4.75. The maximum absolute atomic E-state index is 12.8. The Morgan fingerprint density at radius 1 is 1.09 bits per heavy atom. The molecule has 2 aromatic rings. The lowest BCUT2D eigenvalue weighted by atomic mass is 9.98. The molecule has 2 aliphatic rings. The minimum Gasteiger partial charge on any atom is -0.481 e. The van der Waals surface area contributed by atoms with Crippen LogP contribution < -0.4 is 10.6 Å². The largest absolute Gasteiger partial charge is 0.481 e. The molecular weight excluding hydrogens is 436 g/mol. The Kier molecular flexibility index (Phi) is 6.88. The van der Waals surface area contributed by atoms with Gasteiger partial charge in [0.2, 0.25) is 5.91 Å². The van der Waals surface area contributed by atoms with Crippen molar-refractivity contribution in [2.24, 2.45) is 0 Å². The number of carbonyl (C=O) groups excluding carboxylic acids is 2. The second-order valence-corrected chi connectivity index (χ2v) is 9.44. The number of nitrogens with one attached hydrogen (secondary N) is 2. The van der Waals surface area contributed by atoms with E-state index in [1.54, 1.807) is 0 Å². The average molecular weight is 467 g/mol. The zero-order valence-electron chi connectivity index (χ0n) is 19.4. The lowest BCUT2D eigenvalue weighted by Crippen LogP contribution is -2.50. The number of rotatable bonds is 8. The van der Waals surface area contributed by atoms with E-state index in [4.69, 9.17) is 14.6 Å². The summed E-state index contributed by atoms with van der Waals surface area (Å²) in [6.45, 7) is 4.36. The van der Waals surface area contributed by atoms with Gasteiger partial charge in [-0.3, -0.25) is 9.59 Å². The minimum atomic E-state index is -1.04. The van der Waals surface area contributed by atoms with Crippen LogP contribution in [0.1, 0.15) is 50.2 Å². The third kappa shape index (κ3) is 5.39. The van der Waals surface area contributed by atoms with Gasteiger partial charge < -0.3 is 25.2 Å². The number of carbonyl (C=O) groups is 3. The van der Waals surface area contributed by atoms with Gasteiger partial charge in [-0.1, -0.05) is 48.5 Å². The van der Waals surface area contributed by atoms with Crippen LogP contribution in [0.15, 0.2) is 48.5 Å². The van der Waals surface area contributed by atoms with Crippen LogP contribution in [0.25, 0.3) is 11.1 Å². The average Bonchev–Trinajstić information content (AvgIpc) is 3.31. The maximum atomic E-state index is 12.8. The highest BCUT2D eigenvalue weighted by Gasteiger charge is 2.35. The first-order chi connectivity index (χ1) is 16.2. The molecule has 34 heavy (non-hydrogen) atoms. The fraction of sp³-hybridized carbons (Fsp3) is 0.423. The highest BCUT2D eigenvalue weighted by Crippen LogP contribution is 2.44. The number of carboxylic acid groups (broad SMARTS) is 1. The van der Waals surface area contributed by atoms with Crippen LogP contribution in [0.5, 0.6) is 0 Å². The van der Waals surface area contributed by atoms with Crippen LogP contribution in [0, 0.1) is 0 Å². The van der Waals surface area contributed by atoms with Gasteiger partial charge >= 0.3 is 12.1 Å². The summed E-state index contributed by atoms with van der Waals surface area (Å²) >= 11 is 0. The lowest BCUT2D eigenvalue weighted by Gasteiger charge is -2.21. The highest BCUT2D eigenvalue weighted by molar-refractivity contribution is 5.86. The highest BCUT2D eigenvalue weighted by atomic mass is 16.5. The first-order valence-electron chi connectivity index (χ1n) is 11.5. The predicted molar refractivity (Wildman–Crippen MR) is 125 cm³/mol. The summed E-state index contributed by atoms with van der Waals surface area (Å²) in [4.78, 5) is 36.5. The summed E-state index contributed by atoms with van der Waals surface area (Å²) in [6, 6.07) is 14.8. The molecule has 3 N–H and O–H groups in total. The van der Waals surface area contributed by atoms with E-state index in [9.17, 15) is 14.4 Å². The van der Waals surface area contributed by atoms with E-state index < -0.39 is 24.0 Å². The number of alkyl carbamates (subject to hydrolysis) is 1. The van der Waals surface area contributed by atoms with Gasteiger partial charge in [0.15, 0.2) is 0 Å². The molecule has 0 spiro atoms. The minimum absolute atomic E-state index is 0.0394. The first-order valence-corrected chi connectivity index (χ1v) is 11.5. The normalized spacial score (nSPS) is 19.1. The number of amides is 2. The van der Waals surface area contributed by atoms with E-state index in [1.165, 1.54) is 0 Å². The quantitative estimate of drug-likeness (QED) is 0.549.